The number of hydrogen-bond acceptors (Lipinski definition) is 4. The number of rotatable bonds is 1. The zero-order valence-corrected chi connectivity index (χ0v) is 10.9. The van der Waals surface area contributed by atoms with Crippen LogP contribution in [0.1, 0.15) is 33.2 Å². The first kappa shape index (κ1) is 11.3. The number of cyclic esters (lactones) is 1. The minimum Gasteiger partial charge on any atom is -0.454 e. The fraction of sp³-hybridized carbons (Fsp3) is 0.188. The molecule has 2 aliphatic rings. The van der Waals surface area contributed by atoms with Crippen LogP contribution in [0, 0.1) is 6.92 Å². The first-order valence-corrected chi connectivity index (χ1v) is 6.43. The van der Waals surface area contributed by atoms with E-state index >= 15 is 0 Å². The molecule has 20 heavy (non-hydrogen) atoms. The second-order valence-corrected chi connectivity index (χ2v) is 4.99. The normalized spacial score (nSPS) is 18.9. The van der Waals surface area contributed by atoms with Gasteiger partial charge in [0.1, 0.15) is 0 Å². The van der Waals surface area contributed by atoms with Crippen LogP contribution in [0.25, 0.3) is 0 Å². The molecule has 0 N–H and O–H groups in total. The van der Waals surface area contributed by atoms with E-state index in [2.05, 4.69) is 0 Å². The van der Waals surface area contributed by atoms with E-state index in [1.165, 1.54) is 5.56 Å². The quantitative estimate of drug-likeness (QED) is 0.746. The molecule has 1 atom stereocenters. The summed E-state index contributed by atoms with van der Waals surface area (Å²) in [6, 6.07) is 11.5. The van der Waals surface area contributed by atoms with Crippen molar-refractivity contribution in [3.05, 3.63) is 58.7 Å². The van der Waals surface area contributed by atoms with Crippen LogP contribution in [0.15, 0.2) is 36.4 Å². The largest absolute Gasteiger partial charge is 0.454 e. The van der Waals surface area contributed by atoms with Crippen LogP contribution in [0.5, 0.6) is 11.5 Å². The lowest BCUT2D eigenvalue weighted by Gasteiger charge is -2.11. The summed E-state index contributed by atoms with van der Waals surface area (Å²) >= 11 is 0. The molecule has 2 aliphatic heterocycles. The van der Waals surface area contributed by atoms with Crippen molar-refractivity contribution in [2.75, 3.05) is 6.79 Å². The molecule has 0 aromatic heterocycles. The van der Waals surface area contributed by atoms with Crippen molar-refractivity contribution in [1.29, 1.82) is 0 Å². The first-order chi connectivity index (χ1) is 9.72. The molecule has 2 aromatic rings. The molecular formula is C16H12O4. The van der Waals surface area contributed by atoms with Gasteiger partial charge in [-0.3, -0.25) is 0 Å². The minimum atomic E-state index is -0.368. The molecule has 4 heteroatoms. The summed E-state index contributed by atoms with van der Waals surface area (Å²) in [6.45, 7) is 2.22. The van der Waals surface area contributed by atoms with Gasteiger partial charge >= 0.3 is 5.97 Å². The number of carbonyl (C=O) groups excluding carboxylic acids is 1. The Morgan fingerprint density at radius 2 is 1.75 bits per heavy atom. The van der Waals surface area contributed by atoms with Gasteiger partial charge in [0.25, 0.3) is 0 Å². The molecule has 0 saturated heterocycles. The number of ether oxygens (including phenoxy) is 3. The van der Waals surface area contributed by atoms with Crippen LogP contribution in [0.2, 0.25) is 0 Å². The molecule has 4 rings (SSSR count). The third-order valence-corrected chi connectivity index (χ3v) is 3.65. The number of fused-ring (bicyclic) bond motifs is 2. The summed E-state index contributed by atoms with van der Waals surface area (Å²) in [5.74, 6) is 0.952. The van der Waals surface area contributed by atoms with E-state index < -0.39 is 0 Å². The molecule has 0 saturated carbocycles. The lowest BCUT2D eigenvalue weighted by Crippen LogP contribution is -2.00. The molecule has 0 fully saturated rings. The van der Waals surface area contributed by atoms with Crippen LogP contribution < -0.4 is 9.47 Å². The Morgan fingerprint density at radius 1 is 1.05 bits per heavy atom. The van der Waals surface area contributed by atoms with Gasteiger partial charge in [-0.25, -0.2) is 4.79 Å². The van der Waals surface area contributed by atoms with E-state index in [4.69, 9.17) is 14.2 Å². The highest BCUT2D eigenvalue weighted by Gasteiger charge is 2.35. The summed E-state index contributed by atoms with van der Waals surface area (Å²) in [5.41, 5.74) is 3.52. The zero-order chi connectivity index (χ0) is 13.7. The molecule has 0 radical (unpaired) electrons. The fourth-order valence-electron chi connectivity index (χ4n) is 2.57. The zero-order valence-electron chi connectivity index (χ0n) is 10.9. The van der Waals surface area contributed by atoms with Gasteiger partial charge in [-0.15, -0.1) is 0 Å². The SMILES string of the molecule is Cc1ccc(C2OC(=O)c3cc4c(cc32)OCO4)cc1. The number of carbonyl (C=O) groups is 1. The van der Waals surface area contributed by atoms with E-state index in [9.17, 15) is 4.79 Å². The Labute approximate surface area is 115 Å². The monoisotopic (exact) mass is 268 g/mol. The second-order valence-electron chi connectivity index (χ2n) is 4.99. The maximum atomic E-state index is 12.0. The standard InChI is InChI=1S/C16H12O4/c1-9-2-4-10(5-3-9)15-11-6-13-14(19-8-18-13)7-12(11)16(17)20-15/h2-7,15H,8H2,1H3. The number of esters is 1. The Balaban J connectivity index is 1.83. The van der Waals surface area contributed by atoms with Crippen molar-refractivity contribution >= 4 is 5.97 Å². The van der Waals surface area contributed by atoms with Crippen molar-refractivity contribution in [2.24, 2.45) is 0 Å². The summed E-state index contributed by atoms with van der Waals surface area (Å²) in [5, 5.41) is 0. The highest BCUT2D eigenvalue weighted by molar-refractivity contribution is 5.95. The van der Waals surface area contributed by atoms with E-state index in [1.54, 1.807) is 6.07 Å². The maximum absolute atomic E-state index is 12.0. The highest BCUT2D eigenvalue weighted by Crippen LogP contribution is 2.43. The smallest absolute Gasteiger partial charge is 0.339 e. The Morgan fingerprint density at radius 3 is 2.50 bits per heavy atom. The van der Waals surface area contributed by atoms with E-state index in [1.807, 2.05) is 37.3 Å². The molecule has 4 nitrogen and oxygen atoms in total. The van der Waals surface area contributed by atoms with Crippen LogP contribution in [-0.4, -0.2) is 12.8 Å². The third kappa shape index (κ3) is 1.58. The average Bonchev–Trinajstić information content (AvgIpc) is 3.03. The molecule has 0 bridgehead atoms. The van der Waals surface area contributed by atoms with Gasteiger partial charge in [-0.05, 0) is 24.6 Å². The second kappa shape index (κ2) is 4.00. The van der Waals surface area contributed by atoms with Gasteiger partial charge in [0, 0.05) is 5.56 Å². The predicted octanol–water partition coefficient (Wildman–Crippen LogP) is 2.98. The van der Waals surface area contributed by atoms with Crippen LogP contribution >= 0.6 is 0 Å². The summed E-state index contributed by atoms with van der Waals surface area (Å²) < 4.78 is 16.2. The average molecular weight is 268 g/mol. The van der Waals surface area contributed by atoms with Crippen molar-refractivity contribution in [2.45, 2.75) is 13.0 Å². The molecular weight excluding hydrogens is 256 g/mol. The van der Waals surface area contributed by atoms with Crippen molar-refractivity contribution in [3.8, 4) is 11.5 Å². The Hall–Kier alpha value is -2.49. The van der Waals surface area contributed by atoms with E-state index in [0.717, 1.165) is 11.1 Å². The Kier molecular flexibility index (Phi) is 2.27. The molecule has 100 valence electrons. The highest BCUT2D eigenvalue weighted by atomic mass is 16.7. The van der Waals surface area contributed by atoms with Crippen molar-refractivity contribution in [3.63, 3.8) is 0 Å². The van der Waals surface area contributed by atoms with Gasteiger partial charge in [0.15, 0.2) is 17.6 Å². The Bertz CT molecular complexity index is 703. The van der Waals surface area contributed by atoms with Crippen molar-refractivity contribution in [1.82, 2.24) is 0 Å². The number of hydrogen-bond donors (Lipinski definition) is 0. The fourth-order valence-corrected chi connectivity index (χ4v) is 2.57. The summed E-state index contributed by atoms with van der Waals surface area (Å²) in [6.07, 6.45) is -0.368. The molecule has 2 aromatic carbocycles. The summed E-state index contributed by atoms with van der Waals surface area (Å²) in [7, 11) is 0. The van der Waals surface area contributed by atoms with Crippen LogP contribution in [0.3, 0.4) is 0 Å². The van der Waals surface area contributed by atoms with Crippen LogP contribution in [0.4, 0.5) is 0 Å². The third-order valence-electron chi connectivity index (χ3n) is 3.65. The van der Waals surface area contributed by atoms with Gasteiger partial charge in [-0.2, -0.15) is 0 Å². The van der Waals surface area contributed by atoms with Crippen molar-refractivity contribution < 1.29 is 19.0 Å². The first-order valence-electron chi connectivity index (χ1n) is 6.43. The topological polar surface area (TPSA) is 44.8 Å². The number of benzene rings is 2. The molecule has 2 heterocycles. The lowest BCUT2D eigenvalue weighted by atomic mass is 9.98. The number of aryl methyl sites for hydroxylation is 1. The van der Waals surface area contributed by atoms with Crippen LogP contribution in [-0.2, 0) is 4.74 Å². The van der Waals surface area contributed by atoms with Gasteiger partial charge in [-0.1, -0.05) is 29.8 Å². The van der Waals surface area contributed by atoms with E-state index in [-0.39, 0.29) is 18.9 Å². The maximum Gasteiger partial charge on any atom is 0.339 e. The van der Waals surface area contributed by atoms with E-state index in [0.29, 0.717) is 17.1 Å². The molecule has 0 aliphatic carbocycles. The predicted molar refractivity (Wildman–Crippen MR) is 71.0 cm³/mol. The molecule has 0 amide bonds. The molecule has 0 spiro atoms. The minimum absolute atomic E-state index is 0.197. The van der Waals surface area contributed by atoms with Gasteiger partial charge in [0.05, 0.1) is 5.56 Å². The molecule has 1 unspecified atom stereocenters. The van der Waals surface area contributed by atoms with Gasteiger partial charge < -0.3 is 14.2 Å². The lowest BCUT2D eigenvalue weighted by molar-refractivity contribution is 0.0455. The van der Waals surface area contributed by atoms with Gasteiger partial charge in [0.2, 0.25) is 6.79 Å². The summed E-state index contributed by atoms with van der Waals surface area (Å²) in [4.78, 5) is 12.0.